The zero-order valence-electron chi connectivity index (χ0n) is 10.1. The van der Waals surface area contributed by atoms with E-state index in [0.29, 0.717) is 10.0 Å². The van der Waals surface area contributed by atoms with E-state index in [1.54, 1.807) is 0 Å². The highest BCUT2D eigenvalue weighted by atomic mass is 35.5. The fourth-order valence-corrected chi connectivity index (χ4v) is 2.72. The Balaban J connectivity index is 2.24. The van der Waals surface area contributed by atoms with Gasteiger partial charge in [0, 0.05) is 19.3 Å². The van der Waals surface area contributed by atoms with Crippen molar-refractivity contribution in [3.05, 3.63) is 28.8 Å². The number of nitrogens with zero attached hydrogens (tertiary/aromatic N) is 1. The van der Waals surface area contributed by atoms with Gasteiger partial charge < -0.3 is 10.6 Å². The lowest BCUT2D eigenvalue weighted by Crippen LogP contribution is -2.24. The van der Waals surface area contributed by atoms with Crippen LogP contribution < -0.4 is 10.6 Å². The van der Waals surface area contributed by atoms with Gasteiger partial charge in [0.15, 0.2) is 0 Å². The molecule has 2 unspecified atom stereocenters. The molecule has 17 heavy (non-hydrogen) atoms. The summed E-state index contributed by atoms with van der Waals surface area (Å²) in [5.41, 5.74) is 7.57. The summed E-state index contributed by atoms with van der Waals surface area (Å²) in [6.45, 7) is 3.32. The molecule has 0 radical (unpaired) electrons. The molecule has 4 heteroatoms. The molecule has 2 atom stereocenters. The topological polar surface area (TPSA) is 29.3 Å². The molecule has 1 aromatic carbocycles. The molecule has 0 aromatic heterocycles. The molecule has 1 saturated carbocycles. The van der Waals surface area contributed by atoms with Crippen molar-refractivity contribution in [3.8, 4) is 0 Å². The summed E-state index contributed by atoms with van der Waals surface area (Å²) in [5, 5.41) is 0.630. The molecule has 92 valence electrons. The fourth-order valence-electron chi connectivity index (χ4n) is 2.18. The third-order valence-corrected chi connectivity index (χ3v) is 3.95. The van der Waals surface area contributed by atoms with E-state index in [0.717, 1.165) is 29.6 Å². The Labute approximate surface area is 113 Å². The number of halogens is 1. The Morgan fingerprint density at radius 1 is 1.59 bits per heavy atom. The van der Waals surface area contributed by atoms with E-state index < -0.39 is 0 Å². The van der Waals surface area contributed by atoms with Crippen molar-refractivity contribution < 1.29 is 0 Å². The van der Waals surface area contributed by atoms with Crippen molar-refractivity contribution in [2.24, 2.45) is 17.6 Å². The number of nitrogens with two attached hydrogens (primary N) is 1. The molecule has 0 saturated heterocycles. The largest absolute Gasteiger partial charge is 0.389 e. The highest BCUT2D eigenvalue weighted by molar-refractivity contribution is 7.80. The van der Waals surface area contributed by atoms with Gasteiger partial charge in [-0.2, -0.15) is 0 Å². The maximum Gasteiger partial charge on any atom is 0.107 e. The first-order valence-electron chi connectivity index (χ1n) is 5.80. The van der Waals surface area contributed by atoms with Crippen molar-refractivity contribution in [3.63, 3.8) is 0 Å². The summed E-state index contributed by atoms with van der Waals surface area (Å²) in [7, 11) is 2.07. The van der Waals surface area contributed by atoms with Gasteiger partial charge in [0.25, 0.3) is 0 Å². The van der Waals surface area contributed by atoms with E-state index in [2.05, 4.69) is 18.9 Å². The highest BCUT2D eigenvalue weighted by Gasteiger charge is 2.33. The Morgan fingerprint density at radius 3 is 2.76 bits per heavy atom. The van der Waals surface area contributed by atoms with Crippen LogP contribution in [0.1, 0.15) is 18.9 Å². The summed E-state index contributed by atoms with van der Waals surface area (Å²) in [4.78, 5) is 2.57. The first kappa shape index (κ1) is 12.7. The predicted molar refractivity (Wildman–Crippen MR) is 77.9 cm³/mol. The molecule has 0 aliphatic heterocycles. The molecule has 1 fully saturated rings. The fraction of sp³-hybridized carbons (Fsp3) is 0.462. The van der Waals surface area contributed by atoms with Crippen LogP contribution >= 0.6 is 23.8 Å². The molecular weight excluding hydrogens is 252 g/mol. The van der Waals surface area contributed by atoms with E-state index in [1.807, 2.05) is 18.2 Å². The van der Waals surface area contributed by atoms with E-state index >= 15 is 0 Å². The third kappa shape index (κ3) is 2.72. The standard InChI is InChI=1S/C13H17ClN2S/c1-8-6-9(8)7-16(2)11-5-3-4-10(14)12(11)13(15)17/h3-5,8-9H,6-7H2,1-2H3,(H2,15,17). The normalized spacial score (nSPS) is 22.3. The van der Waals surface area contributed by atoms with Crippen LogP contribution in [-0.4, -0.2) is 18.6 Å². The maximum atomic E-state index is 6.16. The molecule has 1 aromatic rings. The molecular formula is C13H17ClN2S. The van der Waals surface area contributed by atoms with Crippen molar-refractivity contribution in [1.82, 2.24) is 0 Å². The van der Waals surface area contributed by atoms with Crippen molar-refractivity contribution >= 4 is 34.5 Å². The maximum absolute atomic E-state index is 6.16. The van der Waals surface area contributed by atoms with Gasteiger partial charge in [-0.25, -0.2) is 0 Å². The summed E-state index contributed by atoms with van der Waals surface area (Å²) in [5.74, 6) is 1.63. The number of hydrogen-bond donors (Lipinski definition) is 1. The van der Waals surface area contributed by atoms with Crippen molar-refractivity contribution in [2.45, 2.75) is 13.3 Å². The van der Waals surface area contributed by atoms with Crippen molar-refractivity contribution in [1.29, 1.82) is 0 Å². The molecule has 2 nitrogen and oxygen atoms in total. The average Bonchev–Trinajstić information content (AvgIpc) is 2.93. The molecule has 2 rings (SSSR count). The molecule has 0 bridgehead atoms. The Kier molecular flexibility index (Phi) is 3.59. The van der Waals surface area contributed by atoms with Gasteiger partial charge in [-0.3, -0.25) is 0 Å². The first-order valence-corrected chi connectivity index (χ1v) is 6.58. The van der Waals surface area contributed by atoms with Crippen LogP contribution in [0, 0.1) is 11.8 Å². The van der Waals surface area contributed by atoms with Crippen LogP contribution in [0.3, 0.4) is 0 Å². The lowest BCUT2D eigenvalue weighted by Gasteiger charge is -2.22. The summed E-state index contributed by atoms with van der Waals surface area (Å²) in [6, 6.07) is 5.78. The molecule has 1 aliphatic rings. The van der Waals surface area contributed by atoms with E-state index in [9.17, 15) is 0 Å². The molecule has 0 spiro atoms. The van der Waals surface area contributed by atoms with E-state index in [1.165, 1.54) is 6.42 Å². The van der Waals surface area contributed by atoms with Gasteiger partial charge in [0.05, 0.1) is 10.6 Å². The summed E-state index contributed by atoms with van der Waals surface area (Å²) >= 11 is 11.2. The van der Waals surface area contributed by atoms with E-state index in [-0.39, 0.29) is 0 Å². The van der Waals surface area contributed by atoms with Gasteiger partial charge in [-0.05, 0) is 30.4 Å². The van der Waals surface area contributed by atoms with Gasteiger partial charge in [-0.15, -0.1) is 0 Å². The quantitative estimate of drug-likeness (QED) is 0.851. The van der Waals surface area contributed by atoms with Crippen LogP contribution in [0.5, 0.6) is 0 Å². The van der Waals surface area contributed by atoms with Crippen LogP contribution in [0.15, 0.2) is 18.2 Å². The van der Waals surface area contributed by atoms with Crippen molar-refractivity contribution in [2.75, 3.05) is 18.5 Å². The SMILES string of the molecule is CC1CC1CN(C)c1cccc(Cl)c1C(N)=S. The Bertz CT molecular complexity index is 447. The molecule has 0 amide bonds. The Morgan fingerprint density at radius 2 is 2.24 bits per heavy atom. The minimum atomic E-state index is 0.362. The van der Waals surface area contributed by atoms with Gasteiger partial charge in [0.1, 0.15) is 4.99 Å². The summed E-state index contributed by atoms with van der Waals surface area (Å²) < 4.78 is 0. The number of benzene rings is 1. The Hall–Kier alpha value is -0.800. The minimum Gasteiger partial charge on any atom is -0.389 e. The van der Waals surface area contributed by atoms with Crippen LogP contribution in [0.2, 0.25) is 5.02 Å². The lowest BCUT2D eigenvalue weighted by molar-refractivity contribution is 0.725. The molecule has 1 aliphatic carbocycles. The number of rotatable bonds is 4. The first-order chi connectivity index (χ1) is 8.00. The second-order valence-electron chi connectivity index (χ2n) is 4.85. The van der Waals surface area contributed by atoms with Crippen LogP contribution in [0.4, 0.5) is 5.69 Å². The second kappa shape index (κ2) is 4.83. The third-order valence-electron chi connectivity index (χ3n) is 3.43. The van der Waals surface area contributed by atoms with E-state index in [4.69, 9.17) is 29.6 Å². The predicted octanol–water partition coefficient (Wildman–Crippen LogP) is 3.07. The average molecular weight is 269 g/mol. The van der Waals surface area contributed by atoms with Gasteiger partial charge in [0.2, 0.25) is 0 Å². The smallest absolute Gasteiger partial charge is 0.107 e. The minimum absolute atomic E-state index is 0.362. The van der Waals surface area contributed by atoms with Gasteiger partial charge >= 0.3 is 0 Å². The second-order valence-corrected chi connectivity index (χ2v) is 5.70. The number of thiocarbonyl (C=S) groups is 1. The zero-order chi connectivity index (χ0) is 12.6. The molecule has 0 heterocycles. The highest BCUT2D eigenvalue weighted by Crippen LogP contribution is 2.39. The number of hydrogen-bond acceptors (Lipinski definition) is 2. The summed E-state index contributed by atoms with van der Waals surface area (Å²) in [6.07, 6.45) is 1.31. The number of anilines is 1. The van der Waals surface area contributed by atoms with Gasteiger partial charge in [-0.1, -0.05) is 36.8 Å². The molecule has 2 N–H and O–H groups in total. The lowest BCUT2D eigenvalue weighted by atomic mass is 10.1. The monoisotopic (exact) mass is 268 g/mol. The zero-order valence-corrected chi connectivity index (χ0v) is 11.7. The van der Waals surface area contributed by atoms with Crippen LogP contribution in [0.25, 0.3) is 0 Å². The van der Waals surface area contributed by atoms with Crippen LogP contribution in [-0.2, 0) is 0 Å².